The molecule has 0 unspecified atom stereocenters. The van der Waals surface area contributed by atoms with Gasteiger partial charge in [-0.15, -0.1) is 0 Å². The van der Waals surface area contributed by atoms with Crippen molar-refractivity contribution in [3.63, 3.8) is 0 Å². The molecule has 0 saturated carbocycles. The lowest BCUT2D eigenvalue weighted by Gasteiger charge is -2.20. The first-order valence-electron chi connectivity index (χ1n) is 10.5. The molecule has 3 rings (SSSR count). The van der Waals surface area contributed by atoms with Gasteiger partial charge in [0.25, 0.3) is 0 Å². The van der Waals surface area contributed by atoms with E-state index in [1.807, 2.05) is 19.1 Å². The number of rotatable bonds is 8. The molecule has 1 fully saturated rings. The average molecular weight is 453 g/mol. The molecule has 0 radical (unpaired) electrons. The number of hydrogen-bond donors (Lipinski definition) is 1. The number of ether oxygens (including phenoxy) is 1. The zero-order valence-corrected chi connectivity index (χ0v) is 19.6. The summed E-state index contributed by atoms with van der Waals surface area (Å²) >= 11 is 1.25. The summed E-state index contributed by atoms with van der Waals surface area (Å²) in [5, 5.41) is 3.41. The molecule has 2 aromatic rings. The topological polar surface area (TPSA) is 75.7 Å². The minimum Gasteiger partial charge on any atom is -0.496 e. The molecule has 1 aliphatic rings. The Labute approximate surface area is 193 Å². The number of para-hydroxylation sites is 1. The number of allylic oxidation sites excluding steroid dienone is 1. The van der Waals surface area contributed by atoms with Crippen LogP contribution in [0.3, 0.4) is 0 Å². The fraction of sp³-hybridized carbons (Fsp3) is 0.320. The van der Waals surface area contributed by atoms with E-state index in [4.69, 9.17) is 4.74 Å². The molecule has 6 nitrogen and oxygen atoms in total. The molecule has 168 valence electrons. The molecule has 2 aromatic carbocycles. The number of amides is 2. The zero-order valence-electron chi connectivity index (χ0n) is 18.8. The first-order valence-corrected chi connectivity index (χ1v) is 11.5. The van der Waals surface area contributed by atoms with Crippen molar-refractivity contribution in [3.8, 4) is 5.75 Å². The van der Waals surface area contributed by atoms with Gasteiger partial charge in [-0.25, -0.2) is 0 Å². The lowest BCUT2D eigenvalue weighted by molar-refractivity contribution is -0.131. The Morgan fingerprint density at radius 2 is 1.75 bits per heavy atom. The van der Waals surface area contributed by atoms with E-state index < -0.39 is 0 Å². The largest absolute Gasteiger partial charge is 0.496 e. The Morgan fingerprint density at radius 1 is 1.09 bits per heavy atom. The molecule has 1 atom stereocenters. The molecular weight excluding hydrogens is 424 g/mol. The van der Waals surface area contributed by atoms with Crippen molar-refractivity contribution in [2.45, 2.75) is 32.7 Å². The fourth-order valence-electron chi connectivity index (χ4n) is 3.42. The van der Waals surface area contributed by atoms with Gasteiger partial charge in [0.2, 0.25) is 11.8 Å². The Balaban J connectivity index is 1.68. The number of carbonyl (C=O) groups is 3. The van der Waals surface area contributed by atoms with Gasteiger partial charge in [-0.2, -0.15) is 0 Å². The highest BCUT2D eigenvalue weighted by molar-refractivity contribution is 8.04. The maximum atomic E-state index is 12.7. The first-order chi connectivity index (χ1) is 15.3. The molecule has 1 heterocycles. The zero-order chi connectivity index (χ0) is 23.3. The molecule has 0 bridgehead atoms. The quantitative estimate of drug-likeness (QED) is 0.478. The maximum Gasteiger partial charge on any atom is 0.240 e. The summed E-state index contributed by atoms with van der Waals surface area (Å²) in [6, 6.07) is 14.9. The molecule has 32 heavy (non-hydrogen) atoms. The second kappa shape index (κ2) is 10.5. The van der Waals surface area contributed by atoms with E-state index in [1.54, 1.807) is 24.3 Å². The van der Waals surface area contributed by atoms with Crippen LogP contribution in [0.4, 0.5) is 0 Å². The predicted molar refractivity (Wildman–Crippen MR) is 127 cm³/mol. The highest BCUT2D eigenvalue weighted by atomic mass is 32.2. The van der Waals surface area contributed by atoms with Crippen molar-refractivity contribution in [3.05, 3.63) is 76.3 Å². The van der Waals surface area contributed by atoms with Crippen LogP contribution in [0, 0.1) is 0 Å². The van der Waals surface area contributed by atoms with Crippen molar-refractivity contribution in [2.75, 3.05) is 19.4 Å². The van der Waals surface area contributed by atoms with E-state index >= 15 is 0 Å². The van der Waals surface area contributed by atoms with Gasteiger partial charge in [-0.3, -0.25) is 19.3 Å². The Hall–Kier alpha value is -3.06. The number of hydrogen-bond acceptors (Lipinski definition) is 5. The van der Waals surface area contributed by atoms with E-state index in [0.29, 0.717) is 22.3 Å². The highest BCUT2D eigenvalue weighted by Crippen LogP contribution is 2.30. The minimum atomic E-state index is -0.281. The van der Waals surface area contributed by atoms with Gasteiger partial charge in [0, 0.05) is 6.08 Å². The van der Waals surface area contributed by atoms with E-state index in [9.17, 15) is 14.4 Å². The van der Waals surface area contributed by atoms with E-state index in [1.165, 1.54) is 35.4 Å². The van der Waals surface area contributed by atoms with Crippen LogP contribution in [0.15, 0.2) is 59.6 Å². The molecule has 1 N–H and O–H groups in total. The average Bonchev–Trinajstić information content (AvgIpc) is 3.12. The predicted octanol–water partition coefficient (Wildman–Crippen LogP) is 4.30. The smallest absolute Gasteiger partial charge is 0.240 e. The third-order valence-electron chi connectivity index (χ3n) is 5.32. The molecule has 0 aromatic heterocycles. The van der Waals surface area contributed by atoms with Gasteiger partial charge in [0.1, 0.15) is 12.3 Å². The number of nitrogens with zero attached hydrogens (tertiary/aromatic N) is 1. The van der Waals surface area contributed by atoms with Gasteiger partial charge in [-0.1, -0.05) is 62.0 Å². The van der Waals surface area contributed by atoms with Crippen molar-refractivity contribution in [1.29, 1.82) is 0 Å². The number of thioether (sulfide) groups is 1. The summed E-state index contributed by atoms with van der Waals surface area (Å²) in [6.07, 6.45) is 1.40. The lowest BCUT2D eigenvalue weighted by Crippen LogP contribution is -2.38. The van der Waals surface area contributed by atoms with Gasteiger partial charge < -0.3 is 10.1 Å². The number of nitrogens with one attached hydrogen (secondary N) is 1. The second-order valence-electron chi connectivity index (χ2n) is 7.93. The van der Waals surface area contributed by atoms with Crippen molar-refractivity contribution < 1.29 is 19.1 Å². The second-order valence-corrected chi connectivity index (χ2v) is 8.92. The summed E-state index contributed by atoms with van der Waals surface area (Å²) in [7, 11) is 1.50. The highest BCUT2D eigenvalue weighted by Gasteiger charge is 2.29. The number of ketones is 1. The maximum absolute atomic E-state index is 12.7. The van der Waals surface area contributed by atoms with Crippen molar-refractivity contribution in [2.24, 2.45) is 0 Å². The molecule has 0 spiro atoms. The van der Waals surface area contributed by atoms with E-state index in [0.717, 1.165) is 5.56 Å². The van der Waals surface area contributed by atoms with Crippen LogP contribution in [-0.4, -0.2) is 41.9 Å². The number of methoxy groups -OCH3 is 1. The van der Waals surface area contributed by atoms with E-state index in [2.05, 4.69) is 31.3 Å². The van der Waals surface area contributed by atoms with Crippen molar-refractivity contribution >= 4 is 29.4 Å². The number of benzene rings is 2. The van der Waals surface area contributed by atoms with Gasteiger partial charge in [-0.05, 0) is 36.1 Å². The molecule has 1 aliphatic heterocycles. The standard InChI is InChI=1S/C25H28N2O4S/c1-16(2)18-9-11-19(12-10-18)17(3)26-23(29)14-27-24(30)15-32-25(27)13-21(28)20-7-5-6-8-22(20)31-4/h5-13,16-17H,14-15H2,1-4H3,(H,26,29)/b25-13-/t17-/m1/s1. The summed E-state index contributed by atoms with van der Waals surface area (Å²) < 4.78 is 5.25. The van der Waals surface area contributed by atoms with Crippen LogP contribution in [0.25, 0.3) is 0 Å². The van der Waals surface area contributed by atoms with Crippen LogP contribution >= 0.6 is 11.8 Å². The summed E-state index contributed by atoms with van der Waals surface area (Å²) in [5.74, 6) is 0.352. The first kappa shape index (κ1) is 23.6. The Kier molecular flexibility index (Phi) is 7.75. The van der Waals surface area contributed by atoms with E-state index in [-0.39, 0.29) is 35.9 Å². The van der Waals surface area contributed by atoms with Crippen LogP contribution in [0.1, 0.15) is 54.2 Å². The van der Waals surface area contributed by atoms with Crippen LogP contribution in [0.5, 0.6) is 5.75 Å². The minimum absolute atomic E-state index is 0.134. The Morgan fingerprint density at radius 3 is 2.41 bits per heavy atom. The summed E-state index contributed by atoms with van der Waals surface area (Å²) in [6.45, 7) is 6.04. The normalized spacial score (nSPS) is 15.8. The lowest BCUT2D eigenvalue weighted by atomic mass is 9.99. The third-order valence-corrected chi connectivity index (χ3v) is 6.35. The fourth-order valence-corrected chi connectivity index (χ4v) is 4.36. The molecule has 0 aliphatic carbocycles. The van der Waals surface area contributed by atoms with Crippen molar-refractivity contribution in [1.82, 2.24) is 10.2 Å². The molecule has 1 saturated heterocycles. The van der Waals surface area contributed by atoms with Crippen LogP contribution < -0.4 is 10.1 Å². The number of carbonyl (C=O) groups excluding carboxylic acids is 3. The Bertz CT molecular complexity index is 1030. The monoisotopic (exact) mass is 452 g/mol. The molecule has 2 amide bonds. The summed E-state index contributed by atoms with van der Waals surface area (Å²) in [5.41, 5.74) is 2.64. The molecular formula is C25H28N2O4S. The van der Waals surface area contributed by atoms with Crippen LogP contribution in [-0.2, 0) is 9.59 Å². The van der Waals surface area contributed by atoms with Gasteiger partial charge in [0.05, 0.1) is 29.5 Å². The molecule has 7 heteroatoms. The third kappa shape index (κ3) is 5.59. The van der Waals surface area contributed by atoms with Gasteiger partial charge >= 0.3 is 0 Å². The summed E-state index contributed by atoms with van der Waals surface area (Å²) in [4.78, 5) is 39.1. The SMILES string of the molecule is COc1ccccc1C(=O)/C=C1\SCC(=O)N1CC(=O)N[C@H](C)c1ccc(C(C)C)cc1. The van der Waals surface area contributed by atoms with Gasteiger partial charge in [0.15, 0.2) is 5.78 Å². The van der Waals surface area contributed by atoms with Crippen LogP contribution in [0.2, 0.25) is 0 Å².